The molecule has 0 heterocycles. The van der Waals surface area contributed by atoms with Crippen molar-refractivity contribution in [2.75, 3.05) is 6.61 Å². The molecule has 2 N–H and O–H groups in total. The van der Waals surface area contributed by atoms with E-state index in [1.165, 1.54) is 0 Å². The Labute approximate surface area is 123 Å². The third kappa shape index (κ3) is 3.17. The molecule has 110 valence electrons. The predicted molar refractivity (Wildman–Crippen MR) is 72.8 cm³/mol. The van der Waals surface area contributed by atoms with Crippen LogP contribution >= 0.6 is 15.9 Å². The van der Waals surface area contributed by atoms with Crippen LogP contribution in [0.1, 0.15) is 24.3 Å². The molecule has 0 radical (unpaired) electrons. The van der Waals surface area contributed by atoms with Crippen LogP contribution in [0.25, 0.3) is 0 Å². The highest BCUT2D eigenvalue weighted by molar-refractivity contribution is 9.10. The van der Waals surface area contributed by atoms with Crippen LogP contribution in [0.15, 0.2) is 28.7 Å². The first-order valence-electron chi connectivity index (χ1n) is 6.31. The van der Waals surface area contributed by atoms with Crippen molar-refractivity contribution in [3.8, 4) is 0 Å². The van der Waals surface area contributed by atoms with E-state index < -0.39 is 49.1 Å². The summed E-state index contributed by atoms with van der Waals surface area (Å²) in [6, 6.07) is 6.71. The topological polar surface area (TPSA) is 57.5 Å². The van der Waals surface area contributed by atoms with Crippen LogP contribution in [-0.4, -0.2) is 28.7 Å². The molecule has 1 aliphatic carbocycles. The maximum absolute atomic E-state index is 13.8. The van der Waals surface area contributed by atoms with Crippen LogP contribution in [0, 0.1) is 11.8 Å². The lowest BCUT2D eigenvalue weighted by atomic mass is 9.68. The number of hydrogen-bond acceptors (Lipinski definition) is 2. The Kier molecular flexibility index (Phi) is 4.44. The van der Waals surface area contributed by atoms with E-state index in [1.54, 1.807) is 24.3 Å². The van der Waals surface area contributed by atoms with E-state index in [-0.39, 0.29) is 0 Å². The van der Waals surface area contributed by atoms with Gasteiger partial charge in [0.2, 0.25) is 5.92 Å². The normalized spacial score (nSPS) is 29.1. The van der Waals surface area contributed by atoms with Crippen molar-refractivity contribution in [1.82, 2.24) is 0 Å². The fourth-order valence-electron chi connectivity index (χ4n) is 2.96. The van der Waals surface area contributed by atoms with Crippen molar-refractivity contribution in [3.05, 3.63) is 34.3 Å². The first-order valence-corrected chi connectivity index (χ1v) is 7.10. The number of alkyl halides is 2. The van der Waals surface area contributed by atoms with Crippen LogP contribution < -0.4 is 0 Å². The fourth-order valence-corrected chi connectivity index (χ4v) is 3.22. The largest absolute Gasteiger partial charge is 0.481 e. The summed E-state index contributed by atoms with van der Waals surface area (Å²) in [7, 11) is 0. The summed E-state index contributed by atoms with van der Waals surface area (Å²) >= 11 is 3.26. The van der Waals surface area contributed by atoms with Crippen LogP contribution in [0.3, 0.4) is 0 Å². The van der Waals surface area contributed by atoms with Crippen molar-refractivity contribution in [2.24, 2.45) is 11.8 Å². The molecule has 0 aliphatic heterocycles. The maximum Gasteiger partial charge on any atom is 0.307 e. The van der Waals surface area contributed by atoms with Gasteiger partial charge in [0.15, 0.2) is 0 Å². The molecule has 0 bridgehead atoms. The number of hydrogen-bond donors (Lipinski definition) is 2. The number of rotatable bonds is 3. The van der Waals surface area contributed by atoms with E-state index >= 15 is 0 Å². The highest BCUT2D eigenvalue weighted by atomic mass is 79.9. The molecule has 20 heavy (non-hydrogen) atoms. The summed E-state index contributed by atoms with van der Waals surface area (Å²) in [6.07, 6.45) is -1.07. The molecule has 0 aromatic heterocycles. The molecule has 2 rings (SSSR count). The highest BCUT2D eigenvalue weighted by Crippen LogP contribution is 2.48. The Balaban J connectivity index is 2.39. The van der Waals surface area contributed by atoms with E-state index in [4.69, 9.17) is 0 Å². The van der Waals surface area contributed by atoms with Gasteiger partial charge >= 0.3 is 5.97 Å². The van der Waals surface area contributed by atoms with Crippen LogP contribution in [-0.2, 0) is 4.79 Å². The van der Waals surface area contributed by atoms with Gasteiger partial charge in [-0.3, -0.25) is 4.79 Å². The SMILES string of the molecule is O=C(O)[C@H]1[C@H](CO)CC(F)(F)C[C@@H]1c1ccc(Br)cc1. The van der Waals surface area contributed by atoms with Gasteiger partial charge in [0.25, 0.3) is 0 Å². The Morgan fingerprint density at radius 2 is 1.90 bits per heavy atom. The summed E-state index contributed by atoms with van der Waals surface area (Å²) in [5, 5.41) is 18.6. The van der Waals surface area contributed by atoms with E-state index in [0.29, 0.717) is 5.56 Å². The standard InChI is InChI=1S/C14H15BrF2O3/c15-10-3-1-8(2-4-10)11-6-14(16,17)5-9(7-18)12(11)13(19)20/h1-4,9,11-12,18H,5-7H2,(H,19,20)/t9-,11+,12-/m0/s1. The molecule has 1 fully saturated rings. The fraction of sp³-hybridized carbons (Fsp3) is 0.500. The number of carbonyl (C=O) groups is 1. The van der Waals surface area contributed by atoms with Gasteiger partial charge in [-0.1, -0.05) is 28.1 Å². The minimum absolute atomic E-state index is 0.498. The lowest BCUT2D eigenvalue weighted by molar-refractivity contribution is -0.154. The zero-order valence-corrected chi connectivity index (χ0v) is 12.2. The third-order valence-corrected chi connectivity index (χ3v) is 4.37. The molecule has 0 spiro atoms. The van der Waals surface area contributed by atoms with Crippen molar-refractivity contribution < 1.29 is 23.8 Å². The number of benzene rings is 1. The Bertz CT molecular complexity index is 490. The summed E-state index contributed by atoms with van der Waals surface area (Å²) in [4.78, 5) is 11.4. The van der Waals surface area contributed by atoms with E-state index in [1.807, 2.05) is 0 Å². The quantitative estimate of drug-likeness (QED) is 0.881. The number of carboxylic acid groups (broad SMARTS) is 1. The van der Waals surface area contributed by atoms with E-state index in [2.05, 4.69) is 15.9 Å². The monoisotopic (exact) mass is 348 g/mol. The molecule has 6 heteroatoms. The van der Waals surface area contributed by atoms with Gasteiger partial charge in [0.05, 0.1) is 5.92 Å². The van der Waals surface area contributed by atoms with Crippen LogP contribution in [0.2, 0.25) is 0 Å². The summed E-state index contributed by atoms with van der Waals surface area (Å²) in [5.41, 5.74) is 0.568. The number of carboxylic acids is 1. The van der Waals surface area contributed by atoms with Gasteiger partial charge in [-0.25, -0.2) is 8.78 Å². The summed E-state index contributed by atoms with van der Waals surface area (Å²) in [6.45, 7) is -0.542. The smallest absolute Gasteiger partial charge is 0.307 e. The van der Waals surface area contributed by atoms with Crippen molar-refractivity contribution in [3.63, 3.8) is 0 Å². The summed E-state index contributed by atoms with van der Waals surface area (Å²) < 4.78 is 28.4. The average Bonchev–Trinajstić information content (AvgIpc) is 2.37. The lowest BCUT2D eigenvalue weighted by Gasteiger charge is -2.39. The number of aliphatic hydroxyl groups is 1. The molecule has 0 amide bonds. The molecule has 1 aliphatic rings. The molecular formula is C14H15BrF2O3. The number of aliphatic carboxylic acids is 1. The lowest BCUT2D eigenvalue weighted by Crippen LogP contribution is -2.43. The summed E-state index contributed by atoms with van der Waals surface area (Å²) in [5.74, 6) is -6.78. The van der Waals surface area contributed by atoms with Gasteiger partial charge in [0.1, 0.15) is 0 Å². The second-order valence-corrected chi connectivity index (χ2v) is 6.14. The second kappa shape index (κ2) is 5.77. The molecule has 3 nitrogen and oxygen atoms in total. The first-order chi connectivity index (χ1) is 9.34. The number of aliphatic hydroxyl groups excluding tert-OH is 1. The van der Waals surface area contributed by atoms with Crippen molar-refractivity contribution in [2.45, 2.75) is 24.7 Å². The minimum Gasteiger partial charge on any atom is -0.481 e. The van der Waals surface area contributed by atoms with E-state index in [0.717, 1.165) is 4.47 Å². The van der Waals surface area contributed by atoms with Gasteiger partial charge in [-0.2, -0.15) is 0 Å². The molecule has 1 saturated carbocycles. The van der Waals surface area contributed by atoms with Gasteiger partial charge < -0.3 is 10.2 Å². The molecule has 0 unspecified atom stereocenters. The van der Waals surface area contributed by atoms with Crippen molar-refractivity contribution in [1.29, 1.82) is 0 Å². The van der Waals surface area contributed by atoms with Gasteiger partial charge in [-0.05, 0) is 17.7 Å². The first kappa shape index (κ1) is 15.4. The molecular weight excluding hydrogens is 334 g/mol. The molecule has 3 atom stereocenters. The van der Waals surface area contributed by atoms with E-state index in [9.17, 15) is 23.8 Å². The zero-order chi connectivity index (χ0) is 14.9. The average molecular weight is 349 g/mol. The second-order valence-electron chi connectivity index (χ2n) is 5.23. The molecule has 0 saturated heterocycles. The third-order valence-electron chi connectivity index (χ3n) is 3.84. The molecule has 1 aromatic carbocycles. The molecule has 1 aromatic rings. The Hall–Kier alpha value is -1.01. The highest BCUT2D eigenvalue weighted by Gasteiger charge is 2.50. The van der Waals surface area contributed by atoms with Crippen LogP contribution in [0.5, 0.6) is 0 Å². The predicted octanol–water partition coefficient (Wildman–Crippen LogP) is 3.27. The number of halogens is 3. The van der Waals surface area contributed by atoms with Crippen LogP contribution in [0.4, 0.5) is 8.78 Å². The Morgan fingerprint density at radius 1 is 1.30 bits per heavy atom. The Morgan fingerprint density at radius 3 is 2.40 bits per heavy atom. The maximum atomic E-state index is 13.8. The van der Waals surface area contributed by atoms with Crippen molar-refractivity contribution >= 4 is 21.9 Å². The minimum atomic E-state index is -2.95. The van der Waals surface area contributed by atoms with Gasteiger partial charge in [0, 0.05) is 35.8 Å². The van der Waals surface area contributed by atoms with Gasteiger partial charge in [-0.15, -0.1) is 0 Å². The zero-order valence-electron chi connectivity index (χ0n) is 10.6.